The Morgan fingerprint density at radius 2 is 1.88 bits per heavy atom. The second-order valence-corrected chi connectivity index (χ2v) is 14.9. The van der Waals surface area contributed by atoms with E-state index < -0.39 is 8.32 Å². The topological polar surface area (TPSA) is 46.5 Å². The van der Waals surface area contributed by atoms with E-state index in [0.29, 0.717) is 35.7 Å². The highest BCUT2D eigenvalue weighted by atomic mass is 28.4. The summed E-state index contributed by atoms with van der Waals surface area (Å²) in [4.78, 5) is 11.6. The molecule has 2 saturated carbocycles. The SMILES string of the molecule is CC(C)(C)[Si](C)(C)O[C@@H]1CC2C=CC3C(CCO)C(C=O)CC3C2C1. The molecule has 0 aromatic heterocycles. The number of aldehydes is 1. The van der Waals surface area contributed by atoms with Crippen LogP contribution in [-0.4, -0.2) is 32.4 Å². The first kappa shape index (κ1) is 19.3. The monoisotopic (exact) mass is 364 g/mol. The van der Waals surface area contributed by atoms with Crippen molar-refractivity contribution in [3.8, 4) is 0 Å². The average molecular weight is 365 g/mol. The molecule has 0 aromatic rings. The van der Waals surface area contributed by atoms with Crippen molar-refractivity contribution < 1.29 is 14.3 Å². The predicted molar refractivity (Wildman–Crippen MR) is 104 cm³/mol. The van der Waals surface area contributed by atoms with Gasteiger partial charge < -0.3 is 14.3 Å². The van der Waals surface area contributed by atoms with Gasteiger partial charge in [0.2, 0.25) is 0 Å². The highest BCUT2D eigenvalue weighted by molar-refractivity contribution is 6.74. The van der Waals surface area contributed by atoms with E-state index in [4.69, 9.17) is 4.43 Å². The van der Waals surface area contributed by atoms with Gasteiger partial charge in [-0.15, -0.1) is 0 Å². The van der Waals surface area contributed by atoms with Crippen LogP contribution in [0.15, 0.2) is 12.2 Å². The lowest BCUT2D eigenvalue weighted by Gasteiger charge is -2.38. The van der Waals surface area contributed by atoms with Crippen molar-refractivity contribution >= 4 is 14.6 Å². The number of carbonyl (C=O) groups is 1. The van der Waals surface area contributed by atoms with Gasteiger partial charge in [0.1, 0.15) is 6.29 Å². The summed E-state index contributed by atoms with van der Waals surface area (Å²) >= 11 is 0. The second kappa shape index (κ2) is 6.93. The Morgan fingerprint density at radius 3 is 2.48 bits per heavy atom. The van der Waals surface area contributed by atoms with Gasteiger partial charge >= 0.3 is 0 Å². The van der Waals surface area contributed by atoms with Gasteiger partial charge in [0.05, 0.1) is 0 Å². The van der Waals surface area contributed by atoms with Crippen molar-refractivity contribution in [3.63, 3.8) is 0 Å². The second-order valence-electron chi connectivity index (χ2n) is 10.1. The van der Waals surface area contributed by atoms with E-state index >= 15 is 0 Å². The summed E-state index contributed by atoms with van der Waals surface area (Å²) in [5.74, 6) is 2.84. The van der Waals surface area contributed by atoms with Crippen LogP contribution < -0.4 is 0 Å². The van der Waals surface area contributed by atoms with E-state index in [-0.39, 0.29) is 17.6 Å². The van der Waals surface area contributed by atoms with E-state index in [2.05, 4.69) is 46.0 Å². The molecule has 0 heterocycles. The Kier molecular flexibility index (Phi) is 5.36. The Labute approximate surface area is 154 Å². The van der Waals surface area contributed by atoms with Gasteiger partial charge in [-0.2, -0.15) is 0 Å². The fourth-order valence-electron chi connectivity index (χ4n) is 5.43. The Hall–Kier alpha value is -0.453. The molecule has 3 aliphatic carbocycles. The van der Waals surface area contributed by atoms with Crippen LogP contribution in [0.3, 0.4) is 0 Å². The fourth-order valence-corrected chi connectivity index (χ4v) is 6.81. The molecule has 25 heavy (non-hydrogen) atoms. The van der Waals surface area contributed by atoms with Crippen LogP contribution in [0.5, 0.6) is 0 Å². The van der Waals surface area contributed by atoms with Crippen LogP contribution in [0.4, 0.5) is 0 Å². The van der Waals surface area contributed by atoms with Crippen molar-refractivity contribution in [2.45, 2.75) is 70.7 Å². The highest BCUT2D eigenvalue weighted by Gasteiger charge is 2.52. The van der Waals surface area contributed by atoms with Crippen molar-refractivity contribution in [2.24, 2.45) is 35.5 Å². The van der Waals surface area contributed by atoms with Gasteiger partial charge in [0, 0.05) is 18.6 Å². The third kappa shape index (κ3) is 3.54. The summed E-state index contributed by atoms with van der Waals surface area (Å²) in [5.41, 5.74) is 0. The molecule has 0 bridgehead atoms. The van der Waals surface area contributed by atoms with Gasteiger partial charge in [-0.3, -0.25) is 0 Å². The first-order chi connectivity index (χ1) is 11.7. The summed E-state index contributed by atoms with van der Waals surface area (Å²) < 4.78 is 6.73. The quantitative estimate of drug-likeness (QED) is 0.446. The molecule has 1 N–H and O–H groups in total. The molecule has 6 unspecified atom stereocenters. The van der Waals surface area contributed by atoms with Crippen LogP contribution in [0.25, 0.3) is 0 Å². The molecule has 7 atom stereocenters. The average Bonchev–Trinajstić information content (AvgIpc) is 3.06. The van der Waals surface area contributed by atoms with E-state index in [0.717, 1.165) is 32.0 Å². The molecule has 4 heteroatoms. The smallest absolute Gasteiger partial charge is 0.192 e. The molecule has 0 amide bonds. The van der Waals surface area contributed by atoms with Crippen LogP contribution in [0.2, 0.25) is 18.1 Å². The molecule has 3 nitrogen and oxygen atoms in total. The zero-order valence-corrected chi connectivity index (χ0v) is 17.6. The van der Waals surface area contributed by atoms with Crippen molar-refractivity contribution in [2.75, 3.05) is 6.61 Å². The minimum atomic E-state index is -1.73. The number of fused-ring (bicyclic) bond motifs is 3. The molecule has 3 aliphatic rings. The molecular weight excluding hydrogens is 328 g/mol. The molecule has 0 aromatic carbocycles. The maximum atomic E-state index is 11.6. The largest absolute Gasteiger partial charge is 0.414 e. The van der Waals surface area contributed by atoms with Crippen LogP contribution in [0, 0.1) is 35.5 Å². The van der Waals surface area contributed by atoms with Crippen LogP contribution in [-0.2, 0) is 9.22 Å². The fraction of sp³-hybridized carbons (Fsp3) is 0.857. The number of aliphatic hydroxyl groups excluding tert-OH is 1. The first-order valence-electron chi connectivity index (χ1n) is 10.1. The molecular formula is C21H36O3Si. The lowest BCUT2D eigenvalue weighted by Crippen LogP contribution is -2.43. The van der Waals surface area contributed by atoms with Gasteiger partial charge in [0.25, 0.3) is 0 Å². The Morgan fingerprint density at radius 1 is 1.16 bits per heavy atom. The summed E-state index contributed by atoms with van der Waals surface area (Å²) in [5, 5.41) is 9.66. The number of allylic oxidation sites excluding steroid dienone is 2. The van der Waals surface area contributed by atoms with E-state index in [1.54, 1.807) is 0 Å². The highest BCUT2D eigenvalue weighted by Crippen LogP contribution is 2.56. The maximum Gasteiger partial charge on any atom is 0.192 e. The van der Waals surface area contributed by atoms with E-state index in [1.807, 2.05) is 0 Å². The van der Waals surface area contributed by atoms with Gasteiger partial charge in [0.15, 0.2) is 8.32 Å². The van der Waals surface area contributed by atoms with Crippen LogP contribution in [0.1, 0.15) is 46.5 Å². The van der Waals surface area contributed by atoms with Crippen LogP contribution >= 0.6 is 0 Å². The van der Waals surface area contributed by atoms with E-state index in [1.165, 1.54) is 0 Å². The minimum absolute atomic E-state index is 0.130. The summed E-state index contributed by atoms with van der Waals surface area (Å²) in [6.45, 7) is 11.8. The number of aliphatic hydroxyl groups is 1. The molecule has 142 valence electrons. The number of hydrogen-bond donors (Lipinski definition) is 1. The summed E-state index contributed by atoms with van der Waals surface area (Å²) in [6, 6.07) is 0. The van der Waals surface area contributed by atoms with Gasteiger partial charge in [-0.25, -0.2) is 0 Å². The Bertz CT molecular complexity index is 522. The number of rotatable bonds is 5. The predicted octanol–water partition coefficient (Wildman–Crippen LogP) is 4.42. The van der Waals surface area contributed by atoms with Crippen molar-refractivity contribution in [1.82, 2.24) is 0 Å². The molecule has 3 rings (SSSR count). The zero-order valence-electron chi connectivity index (χ0n) is 16.6. The standard InChI is InChI=1S/C21H36O3Si/c1-21(2,3)25(4,5)24-16-10-14-6-7-18-17(8-9-22)15(13-23)11-20(18)19(14)12-16/h6-7,13-20,22H,8-12H2,1-5H3/t14?,15?,16-,17?,18?,19?,20?/m1/s1. The first-order valence-corrected chi connectivity index (χ1v) is 13.0. The van der Waals surface area contributed by atoms with E-state index in [9.17, 15) is 9.90 Å². The zero-order chi connectivity index (χ0) is 18.4. The lowest BCUT2D eigenvalue weighted by molar-refractivity contribution is -0.112. The lowest BCUT2D eigenvalue weighted by atomic mass is 9.71. The molecule has 0 aliphatic heterocycles. The Balaban J connectivity index is 1.71. The summed E-state index contributed by atoms with van der Waals surface area (Å²) in [6.07, 6.45) is 10.4. The van der Waals surface area contributed by atoms with Crippen molar-refractivity contribution in [3.05, 3.63) is 12.2 Å². The minimum Gasteiger partial charge on any atom is -0.414 e. The van der Waals surface area contributed by atoms with Gasteiger partial charge in [-0.05, 0) is 73.4 Å². The molecule has 0 radical (unpaired) electrons. The normalized spacial score (nSPS) is 40.8. The number of carbonyl (C=O) groups excluding carboxylic acids is 1. The molecule has 2 fully saturated rings. The maximum absolute atomic E-state index is 11.6. The summed E-state index contributed by atoms with van der Waals surface area (Å²) in [7, 11) is -1.73. The molecule has 0 spiro atoms. The van der Waals surface area contributed by atoms with Gasteiger partial charge in [-0.1, -0.05) is 32.9 Å². The molecule has 0 saturated heterocycles. The number of hydrogen-bond acceptors (Lipinski definition) is 3. The third-order valence-electron chi connectivity index (χ3n) is 7.74. The van der Waals surface area contributed by atoms with Crippen molar-refractivity contribution in [1.29, 1.82) is 0 Å². The third-order valence-corrected chi connectivity index (χ3v) is 12.3.